The molecule has 1 fully saturated rings. The summed E-state index contributed by atoms with van der Waals surface area (Å²) in [4.78, 5) is 0. The number of rotatable bonds is 3. The Morgan fingerprint density at radius 2 is 2.17 bits per heavy atom. The topological polar surface area (TPSA) is 76.0 Å². The normalized spacial score (nSPS) is 27.8. The van der Waals surface area contributed by atoms with Crippen molar-refractivity contribution < 1.29 is 23.8 Å². The first-order valence-corrected chi connectivity index (χ1v) is 5.84. The van der Waals surface area contributed by atoms with Gasteiger partial charge in [0.25, 0.3) is 0 Å². The minimum atomic E-state index is -0.650. The smallest absolute Gasteiger partial charge is 0.137 e. The van der Waals surface area contributed by atoms with Gasteiger partial charge >= 0.3 is 0 Å². The molecule has 5 heteroatoms. The van der Waals surface area contributed by atoms with E-state index < -0.39 is 12.2 Å². The van der Waals surface area contributed by atoms with Gasteiger partial charge in [0.05, 0.1) is 24.5 Å². The highest BCUT2D eigenvalue weighted by molar-refractivity contribution is 5.55. The van der Waals surface area contributed by atoms with Crippen molar-refractivity contribution in [1.82, 2.24) is 0 Å². The number of ether oxygens (including phenoxy) is 1. The predicted molar refractivity (Wildman–Crippen MR) is 61.7 cm³/mol. The van der Waals surface area contributed by atoms with E-state index >= 15 is 0 Å². The van der Waals surface area contributed by atoms with Crippen LogP contribution in [-0.4, -0.2) is 29.0 Å². The SMILES string of the molecule is OC[C@H]1O[C@@H](c2ccc(-c3ccoc3)o2)C[C@@H]1O. The molecule has 0 bridgehead atoms. The third-order valence-corrected chi connectivity index (χ3v) is 3.15. The fourth-order valence-electron chi connectivity index (χ4n) is 2.16. The van der Waals surface area contributed by atoms with E-state index in [4.69, 9.17) is 18.7 Å². The van der Waals surface area contributed by atoms with Gasteiger partial charge in [-0.15, -0.1) is 0 Å². The monoisotopic (exact) mass is 250 g/mol. The van der Waals surface area contributed by atoms with Crippen LogP contribution in [0.1, 0.15) is 18.3 Å². The lowest BCUT2D eigenvalue weighted by molar-refractivity contribution is -0.0275. The van der Waals surface area contributed by atoms with Gasteiger partial charge in [0.1, 0.15) is 30.0 Å². The summed E-state index contributed by atoms with van der Waals surface area (Å²) in [7, 11) is 0. The van der Waals surface area contributed by atoms with Crippen LogP contribution in [0.4, 0.5) is 0 Å². The first kappa shape index (κ1) is 11.5. The van der Waals surface area contributed by atoms with Crippen LogP contribution in [0.5, 0.6) is 0 Å². The molecule has 1 aliphatic heterocycles. The van der Waals surface area contributed by atoms with Gasteiger partial charge in [-0.2, -0.15) is 0 Å². The van der Waals surface area contributed by atoms with Gasteiger partial charge in [0.2, 0.25) is 0 Å². The van der Waals surface area contributed by atoms with E-state index in [1.54, 1.807) is 12.5 Å². The first-order chi connectivity index (χ1) is 8.78. The van der Waals surface area contributed by atoms with E-state index in [1.807, 2.05) is 18.2 Å². The summed E-state index contributed by atoms with van der Waals surface area (Å²) in [5.41, 5.74) is 0.860. The fourth-order valence-corrected chi connectivity index (χ4v) is 2.16. The largest absolute Gasteiger partial charge is 0.472 e. The Kier molecular flexibility index (Phi) is 2.95. The van der Waals surface area contributed by atoms with Crippen molar-refractivity contribution in [1.29, 1.82) is 0 Å². The van der Waals surface area contributed by atoms with Crippen molar-refractivity contribution >= 4 is 0 Å². The Bertz CT molecular complexity index is 501. The summed E-state index contributed by atoms with van der Waals surface area (Å²) < 4.78 is 16.2. The van der Waals surface area contributed by atoms with E-state index in [1.165, 1.54) is 0 Å². The Labute approximate surface area is 104 Å². The molecule has 2 aromatic heterocycles. The number of furan rings is 2. The van der Waals surface area contributed by atoms with Gasteiger partial charge in [-0.3, -0.25) is 0 Å². The van der Waals surface area contributed by atoms with Gasteiger partial charge in [0, 0.05) is 6.42 Å². The lowest BCUT2D eigenvalue weighted by Crippen LogP contribution is -2.24. The molecule has 18 heavy (non-hydrogen) atoms. The van der Waals surface area contributed by atoms with Gasteiger partial charge in [-0.05, 0) is 18.2 Å². The third kappa shape index (κ3) is 1.96. The summed E-state index contributed by atoms with van der Waals surface area (Å²) >= 11 is 0. The predicted octanol–water partition coefficient (Wildman–Crippen LogP) is 1.72. The second-order valence-electron chi connectivity index (χ2n) is 4.36. The van der Waals surface area contributed by atoms with Crippen molar-refractivity contribution in [2.24, 2.45) is 0 Å². The van der Waals surface area contributed by atoms with Crippen LogP contribution in [0.15, 0.2) is 39.6 Å². The summed E-state index contributed by atoms with van der Waals surface area (Å²) in [5.74, 6) is 1.35. The average molecular weight is 250 g/mol. The molecule has 0 spiro atoms. The lowest BCUT2D eigenvalue weighted by Gasteiger charge is -2.10. The molecule has 1 saturated heterocycles. The molecule has 2 N–H and O–H groups in total. The first-order valence-electron chi connectivity index (χ1n) is 5.84. The fraction of sp³-hybridized carbons (Fsp3) is 0.385. The molecular formula is C13H14O5. The Hall–Kier alpha value is -1.56. The zero-order valence-electron chi connectivity index (χ0n) is 9.65. The van der Waals surface area contributed by atoms with E-state index in [0.29, 0.717) is 17.9 Å². The summed E-state index contributed by atoms with van der Waals surface area (Å²) in [6, 6.07) is 5.46. The van der Waals surface area contributed by atoms with Gasteiger partial charge in [-0.1, -0.05) is 0 Å². The third-order valence-electron chi connectivity index (χ3n) is 3.15. The molecule has 2 aromatic rings. The molecule has 0 aliphatic carbocycles. The molecule has 1 aliphatic rings. The second-order valence-corrected chi connectivity index (χ2v) is 4.36. The maximum atomic E-state index is 9.67. The van der Waals surface area contributed by atoms with Crippen LogP contribution < -0.4 is 0 Å². The van der Waals surface area contributed by atoms with Crippen LogP contribution in [0.25, 0.3) is 11.3 Å². The van der Waals surface area contributed by atoms with Crippen molar-refractivity contribution in [2.75, 3.05) is 6.61 Å². The average Bonchev–Trinajstić information content (AvgIpc) is 3.08. The maximum Gasteiger partial charge on any atom is 0.137 e. The Morgan fingerprint density at radius 3 is 2.83 bits per heavy atom. The highest BCUT2D eigenvalue weighted by Crippen LogP contribution is 2.35. The molecule has 3 atom stereocenters. The number of hydrogen-bond donors (Lipinski definition) is 2. The highest BCUT2D eigenvalue weighted by Gasteiger charge is 2.35. The minimum absolute atomic E-state index is 0.188. The number of hydrogen-bond acceptors (Lipinski definition) is 5. The minimum Gasteiger partial charge on any atom is -0.472 e. The molecule has 0 amide bonds. The van der Waals surface area contributed by atoms with E-state index in [2.05, 4.69) is 0 Å². The van der Waals surface area contributed by atoms with Crippen molar-refractivity contribution in [3.8, 4) is 11.3 Å². The van der Waals surface area contributed by atoms with Crippen molar-refractivity contribution in [3.63, 3.8) is 0 Å². The molecule has 3 heterocycles. The zero-order valence-corrected chi connectivity index (χ0v) is 9.65. The van der Waals surface area contributed by atoms with E-state index in [-0.39, 0.29) is 12.7 Å². The number of aliphatic hydroxyl groups excluding tert-OH is 2. The zero-order chi connectivity index (χ0) is 12.5. The molecular weight excluding hydrogens is 236 g/mol. The highest BCUT2D eigenvalue weighted by atomic mass is 16.5. The van der Waals surface area contributed by atoms with Crippen LogP contribution >= 0.6 is 0 Å². The molecule has 0 aromatic carbocycles. The Balaban J connectivity index is 1.78. The van der Waals surface area contributed by atoms with Gasteiger partial charge in [0.15, 0.2) is 0 Å². The standard InChI is InChI=1S/C13H14O5/c14-6-13-9(15)5-12(18-13)11-2-1-10(17-11)8-3-4-16-7-8/h1-4,7,9,12-15H,5-6H2/t9-,12+,13+/m0/s1. The number of aliphatic hydroxyl groups is 2. The molecule has 96 valence electrons. The van der Waals surface area contributed by atoms with Gasteiger partial charge < -0.3 is 23.8 Å². The molecule has 0 unspecified atom stereocenters. The van der Waals surface area contributed by atoms with E-state index in [9.17, 15) is 5.11 Å². The van der Waals surface area contributed by atoms with Crippen molar-refractivity contribution in [2.45, 2.75) is 24.7 Å². The lowest BCUT2D eigenvalue weighted by atomic mass is 10.1. The maximum absolute atomic E-state index is 9.67. The van der Waals surface area contributed by atoms with Crippen molar-refractivity contribution in [3.05, 3.63) is 36.5 Å². The Morgan fingerprint density at radius 1 is 1.28 bits per heavy atom. The van der Waals surface area contributed by atoms with Crippen LogP contribution in [0.2, 0.25) is 0 Å². The van der Waals surface area contributed by atoms with E-state index in [0.717, 1.165) is 5.56 Å². The van der Waals surface area contributed by atoms with Gasteiger partial charge in [-0.25, -0.2) is 0 Å². The molecule has 5 nitrogen and oxygen atoms in total. The molecule has 0 saturated carbocycles. The second kappa shape index (κ2) is 4.61. The van der Waals surface area contributed by atoms with Crippen LogP contribution in [-0.2, 0) is 4.74 Å². The molecule has 0 radical (unpaired) electrons. The molecule has 3 rings (SSSR count). The summed E-state index contributed by atoms with van der Waals surface area (Å²) in [6.45, 7) is -0.188. The van der Waals surface area contributed by atoms with Crippen LogP contribution in [0, 0.1) is 0 Å². The van der Waals surface area contributed by atoms with Crippen LogP contribution in [0.3, 0.4) is 0 Å². The summed E-state index contributed by atoms with van der Waals surface area (Å²) in [6.07, 6.45) is 2.13. The summed E-state index contributed by atoms with van der Waals surface area (Å²) in [5, 5.41) is 18.7. The quantitative estimate of drug-likeness (QED) is 0.867.